The van der Waals surface area contributed by atoms with Crippen LogP contribution in [-0.4, -0.2) is 18.4 Å². The van der Waals surface area contributed by atoms with Gasteiger partial charge >= 0.3 is 0 Å². The van der Waals surface area contributed by atoms with Gasteiger partial charge in [-0.25, -0.2) is 18.4 Å². The molecule has 0 aliphatic heterocycles. The lowest BCUT2D eigenvalue weighted by Gasteiger charge is -2.10. The molecule has 0 radical (unpaired) electrons. The van der Waals surface area contributed by atoms with Crippen LogP contribution in [0.5, 0.6) is 0 Å². The summed E-state index contributed by atoms with van der Waals surface area (Å²) in [5, 5.41) is 8.62. The predicted octanol–water partition coefficient (Wildman–Crippen LogP) is 2.60. The number of hydrogen-bond acceptors (Lipinski definition) is 5. The third kappa shape index (κ3) is 4.04. The lowest BCUT2D eigenvalue weighted by atomic mass is 10.2. The Morgan fingerprint density at radius 2 is 1.90 bits per heavy atom. The fourth-order valence-electron chi connectivity index (χ4n) is 1.57. The summed E-state index contributed by atoms with van der Waals surface area (Å²) in [7, 11) is -3.77. The minimum atomic E-state index is -3.77. The number of nitrogens with one attached hydrogen (secondary N) is 1. The lowest BCUT2D eigenvalue weighted by Crippen LogP contribution is -2.16. The molecule has 0 fully saturated rings. The van der Waals surface area contributed by atoms with Crippen molar-refractivity contribution in [3.63, 3.8) is 0 Å². The maximum Gasteiger partial charge on any atom is 0.237 e. The minimum Gasteiger partial charge on any atom is -0.277 e. The Hall–Kier alpha value is -1.88. The van der Waals surface area contributed by atoms with Crippen LogP contribution < -0.4 is 4.72 Å². The number of nitriles is 1. The highest BCUT2D eigenvalue weighted by Crippen LogP contribution is 2.27. The van der Waals surface area contributed by atoms with E-state index in [1.165, 1.54) is 6.07 Å². The van der Waals surface area contributed by atoms with Crippen molar-refractivity contribution >= 4 is 38.9 Å². The van der Waals surface area contributed by atoms with Crippen LogP contribution in [0.15, 0.2) is 30.6 Å². The molecule has 1 aromatic carbocycles. The van der Waals surface area contributed by atoms with Crippen LogP contribution in [0.2, 0.25) is 10.3 Å². The van der Waals surface area contributed by atoms with Crippen molar-refractivity contribution in [2.24, 2.45) is 0 Å². The summed E-state index contributed by atoms with van der Waals surface area (Å²) in [5.74, 6) is -0.329. The van der Waals surface area contributed by atoms with E-state index in [0.29, 0.717) is 11.1 Å². The van der Waals surface area contributed by atoms with E-state index in [2.05, 4.69) is 14.7 Å². The molecule has 0 bridgehead atoms. The number of hydrogen-bond donors (Lipinski definition) is 1. The van der Waals surface area contributed by atoms with E-state index in [4.69, 9.17) is 28.5 Å². The predicted molar refractivity (Wildman–Crippen MR) is 79.5 cm³/mol. The number of nitrogens with zero attached hydrogens (tertiary/aromatic N) is 3. The van der Waals surface area contributed by atoms with Crippen LogP contribution in [0, 0.1) is 11.3 Å². The van der Waals surface area contributed by atoms with Crippen LogP contribution in [-0.2, 0) is 15.8 Å². The van der Waals surface area contributed by atoms with Gasteiger partial charge in [0, 0.05) is 0 Å². The highest BCUT2D eigenvalue weighted by molar-refractivity contribution is 7.91. The third-order valence-corrected chi connectivity index (χ3v) is 4.23. The Kier molecular flexibility index (Phi) is 4.63. The number of aromatic nitrogens is 2. The second-order valence-corrected chi connectivity index (χ2v) is 6.44. The average Bonchev–Trinajstić information content (AvgIpc) is 2.43. The van der Waals surface area contributed by atoms with Crippen molar-refractivity contribution in [2.45, 2.75) is 5.75 Å². The SMILES string of the molecule is N#Cc1cccc(CS(=O)(=O)Nc2c(Cl)ncnc2Cl)c1. The first-order valence-electron chi connectivity index (χ1n) is 5.57. The molecule has 1 aromatic heterocycles. The molecule has 0 spiro atoms. The second kappa shape index (κ2) is 6.26. The number of halogens is 2. The average molecular weight is 343 g/mol. The van der Waals surface area contributed by atoms with Gasteiger partial charge in [-0.3, -0.25) is 4.72 Å². The topological polar surface area (TPSA) is 95.7 Å². The van der Waals surface area contributed by atoms with Crippen molar-refractivity contribution in [1.29, 1.82) is 5.26 Å². The van der Waals surface area contributed by atoms with Crippen LogP contribution in [0.3, 0.4) is 0 Å². The second-order valence-electron chi connectivity index (χ2n) is 4.00. The number of rotatable bonds is 4. The molecular weight excluding hydrogens is 335 g/mol. The van der Waals surface area contributed by atoms with Gasteiger partial charge in [0.2, 0.25) is 10.0 Å². The van der Waals surface area contributed by atoms with Crippen LogP contribution in [0.4, 0.5) is 5.69 Å². The summed E-state index contributed by atoms with van der Waals surface area (Å²) in [6.07, 6.45) is 1.12. The molecule has 0 aliphatic carbocycles. The van der Waals surface area contributed by atoms with Gasteiger partial charge in [-0.05, 0) is 17.7 Å². The van der Waals surface area contributed by atoms with Gasteiger partial charge in [0.1, 0.15) is 12.0 Å². The normalized spacial score (nSPS) is 10.9. The first-order valence-corrected chi connectivity index (χ1v) is 7.97. The van der Waals surface area contributed by atoms with E-state index < -0.39 is 10.0 Å². The van der Waals surface area contributed by atoms with Crippen molar-refractivity contribution in [3.8, 4) is 6.07 Å². The van der Waals surface area contributed by atoms with Crippen molar-refractivity contribution < 1.29 is 8.42 Å². The molecular formula is C12H8Cl2N4O2S. The van der Waals surface area contributed by atoms with Crippen LogP contribution >= 0.6 is 23.2 Å². The molecule has 0 atom stereocenters. The van der Waals surface area contributed by atoms with Crippen LogP contribution in [0.1, 0.15) is 11.1 Å². The largest absolute Gasteiger partial charge is 0.277 e. The van der Waals surface area contributed by atoms with Gasteiger partial charge in [0.05, 0.1) is 17.4 Å². The fourth-order valence-corrected chi connectivity index (χ4v) is 3.29. The van der Waals surface area contributed by atoms with Gasteiger partial charge in [-0.1, -0.05) is 35.3 Å². The Bertz CT molecular complexity index is 798. The first kappa shape index (κ1) is 15.5. The molecule has 1 N–H and O–H groups in total. The zero-order valence-electron chi connectivity index (χ0n) is 10.4. The quantitative estimate of drug-likeness (QED) is 0.861. The highest BCUT2D eigenvalue weighted by Gasteiger charge is 2.17. The van der Waals surface area contributed by atoms with E-state index in [1.807, 2.05) is 6.07 Å². The molecule has 9 heteroatoms. The van der Waals surface area contributed by atoms with Gasteiger partial charge in [0.15, 0.2) is 10.3 Å². The molecule has 2 aromatic rings. The van der Waals surface area contributed by atoms with E-state index in [9.17, 15) is 8.42 Å². The molecule has 21 heavy (non-hydrogen) atoms. The summed E-state index contributed by atoms with van der Waals surface area (Å²) < 4.78 is 26.5. The minimum absolute atomic E-state index is 0.0720. The fraction of sp³-hybridized carbons (Fsp3) is 0.0833. The molecule has 2 rings (SSSR count). The van der Waals surface area contributed by atoms with E-state index in [-0.39, 0.29) is 21.7 Å². The Balaban J connectivity index is 2.25. The van der Waals surface area contributed by atoms with Gasteiger partial charge in [0.25, 0.3) is 0 Å². The zero-order valence-corrected chi connectivity index (χ0v) is 12.7. The molecule has 0 saturated carbocycles. The van der Waals surface area contributed by atoms with Crippen molar-refractivity contribution in [2.75, 3.05) is 4.72 Å². The standard InChI is InChI=1S/C12H8Cl2N4O2S/c13-11-10(12(14)17-7-16-11)18-21(19,20)6-9-3-1-2-8(4-9)5-15/h1-4,7,18H,6H2. The van der Waals surface area contributed by atoms with E-state index in [0.717, 1.165) is 6.33 Å². The smallest absolute Gasteiger partial charge is 0.237 e. The molecule has 1 heterocycles. The Morgan fingerprint density at radius 3 is 2.52 bits per heavy atom. The lowest BCUT2D eigenvalue weighted by molar-refractivity contribution is 0.600. The Morgan fingerprint density at radius 1 is 1.24 bits per heavy atom. The van der Waals surface area contributed by atoms with Gasteiger partial charge in [-0.15, -0.1) is 0 Å². The molecule has 0 saturated heterocycles. The summed E-state index contributed by atoms with van der Waals surface area (Å²) in [5.41, 5.74) is 0.768. The summed E-state index contributed by atoms with van der Waals surface area (Å²) >= 11 is 11.6. The van der Waals surface area contributed by atoms with Gasteiger partial charge in [-0.2, -0.15) is 5.26 Å². The molecule has 108 valence electrons. The molecule has 0 aliphatic rings. The number of benzene rings is 1. The number of anilines is 1. The first-order chi connectivity index (χ1) is 9.91. The van der Waals surface area contributed by atoms with Crippen molar-refractivity contribution in [3.05, 3.63) is 52.0 Å². The maximum atomic E-state index is 12.1. The molecule has 0 amide bonds. The third-order valence-electron chi connectivity index (χ3n) is 2.43. The monoisotopic (exact) mass is 342 g/mol. The Labute approximate surface area is 131 Å². The van der Waals surface area contributed by atoms with E-state index >= 15 is 0 Å². The van der Waals surface area contributed by atoms with Crippen molar-refractivity contribution in [1.82, 2.24) is 9.97 Å². The molecule has 0 unspecified atom stereocenters. The van der Waals surface area contributed by atoms with Crippen LogP contribution in [0.25, 0.3) is 0 Å². The zero-order chi connectivity index (χ0) is 15.5. The summed E-state index contributed by atoms with van der Waals surface area (Å²) in [4.78, 5) is 7.32. The number of sulfonamides is 1. The maximum absolute atomic E-state index is 12.1. The van der Waals surface area contributed by atoms with Gasteiger partial charge < -0.3 is 0 Å². The van der Waals surface area contributed by atoms with E-state index in [1.54, 1.807) is 18.2 Å². The summed E-state index contributed by atoms with van der Waals surface area (Å²) in [6, 6.07) is 8.23. The molecule has 6 nitrogen and oxygen atoms in total. The highest BCUT2D eigenvalue weighted by atomic mass is 35.5. The summed E-state index contributed by atoms with van der Waals surface area (Å²) in [6.45, 7) is 0.